The monoisotopic (exact) mass is 391 g/mol. The fraction of sp³-hybridized carbons (Fsp3) is 0.421. The van der Waals surface area contributed by atoms with Gasteiger partial charge in [0, 0.05) is 37.5 Å². The topological polar surface area (TPSA) is 78.4 Å². The molecule has 1 amide bonds. The van der Waals surface area contributed by atoms with Crippen molar-refractivity contribution in [3.63, 3.8) is 0 Å². The smallest absolute Gasteiger partial charge is 0.254 e. The molecule has 0 fully saturated rings. The summed E-state index contributed by atoms with van der Waals surface area (Å²) in [4.78, 5) is 22.2. The van der Waals surface area contributed by atoms with E-state index in [2.05, 4.69) is 32.9 Å². The van der Waals surface area contributed by atoms with Crippen LogP contribution >= 0.6 is 11.3 Å². The lowest BCUT2D eigenvalue weighted by Gasteiger charge is -2.12. The van der Waals surface area contributed by atoms with Gasteiger partial charge in [0.1, 0.15) is 5.82 Å². The molecule has 0 unspecified atom stereocenters. The first-order chi connectivity index (χ1) is 13.0. The molecule has 146 valence electrons. The predicted molar refractivity (Wildman–Crippen MR) is 108 cm³/mol. The van der Waals surface area contributed by atoms with Crippen LogP contribution in [0.25, 0.3) is 0 Å². The van der Waals surface area contributed by atoms with Crippen LogP contribution in [0.2, 0.25) is 0 Å². The molecule has 6 nitrogen and oxygen atoms in total. The number of thiazole rings is 1. The maximum atomic E-state index is 13.6. The van der Waals surface area contributed by atoms with E-state index in [0.717, 1.165) is 23.7 Å². The number of aryl methyl sites for hydroxylation is 2. The first-order valence-corrected chi connectivity index (χ1v) is 9.80. The molecular weight excluding hydrogens is 365 g/mol. The lowest BCUT2D eigenvalue weighted by molar-refractivity contribution is 0.0950. The van der Waals surface area contributed by atoms with E-state index in [4.69, 9.17) is 0 Å². The molecule has 1 aromatic carbocycles. The van der Waals surface area contributed by atoms with E-state index in [0.29, 0.717) is 25.6 Å². The summed E-state index contributed by atoms with van der Waals surface area (Å²) in [5.74, 6) is -0.264. The third kappa shape index (κ3) is 6.63. The van der Waals surface area contributed by atoms with E-state index in [-0.39, 0.29) is 5.56 Å². The average molecular weight is 392 g/mol. The number of hydrogen-bond acceptors (Lipinski definition) is 4. The van der Waals surface area contributed by atoms with Crippen LogP contribution in [-0.4, -0.2) is 43.0 Å². The van der Waals surface area contributed by atoms with Gasteiger partial charge in [0.15, 0.2) is 5.96 Å². The summed E-state index contributed by atoms with van der Waals surface area (Å²) in [6.07, 6.45) is 0.792. The lowest BCUT2D eigenvalue weighted by atomic mass is 10.2. The van der Waals surface area contributed by atoms with Gasteiger partial charge in [0.05, 0.1) is 16.3 Å². The number of carbonyl (C=O) groups is 1. The zero-order valence-corrected chi connectivity index (χ0v) is 16.8. The van der Waals surface area contributed by atoms with Gasteiger partial charge < -0.3 is 16.0 Å². The average Bonchev–Trinajstić information content (AvgIpc) is 2.96. The zero-order valence-electron chi connectivity index (χ0n) is 15.9. The SMILES string of the molecule is CCNC(=NCCc1nc(C)c(C)s1)NCCNC(=O)c1ccccc1F. The molecular formula is C19H26FN5OS. The van der Waals surface area contributed by atoms with Gasteiger partial charge in [-0.1, -0.05) is 12.1 Å². The molecule has 0 aliphatic rings. The Balaban J connectivity index is 1.76. The van der Waals surface area contributed by atoms with E-state index >= 15 is 0 Å². The Morgan fingerprint density at radius 2 is 1.93 bits per heavy atom. The van der Waals surface area contributed by atoms with E-state index < -0.39 is 11.7 Å². The van der Waals surface area contributed by atoms with Gasteiger partial charge in [0.25, 0.3) is 5.91 Å². The third-order valence-corrected chi connectivity index (χ3v) is 4.97. The van der Waals surface area contributed by atoms with Gasteiger partial charge in [-0.3, -0.25) is 9.79 Å². The largest absolute Gasteiger partial charge is 0.357 e. The molecule has 0 radical (unpaired) electrons. The van der Waals surface area contributed by atoms with Crippen molar-refractivity contribution in [1.29, 1.82) is 0 Å². The van der Waals surface area contributed by atoms with Crippen LogP contribution in [0.1, 0.15) is 32.9 Å². The van der Waals surface area contributed by atoms with Gasteiger partial charge >= 0.3 is 0 Å². The van der Waals surface area contributed by atoms with Crippen molar-refractivity contribution in [2.45, 2.75) is 27.2 Å². The first kappa shape index (κ1) is 20.8. The molecule has 0 spiro atoms. The number of nitrogens with one attached hydrogen (secondary N) is 3. The van der Waals surface area contributed by atoms with Gasteiger partial charge in [-0.25, -0.2) is 9.37 Å². The summed E-state index contributed by atoms with van der Waals surface area (Å²) in [5.41, 5.74) is 1.13. The number of nitrogens with zero attached hydrogens (tertiary/aromatic N) is 2. The second-order valence-corrected chi connectivity index (χ2v) is 7.21. The van der Waals surface area contributed by atoms with Crippen molar-refractivity contribution >= 4 is 23.2 Å². The van der Waals surface area contributed by atoms with Crippen molar-refractivity contribution in [1.82, 2.24) is 20.9 Å². The minimum Gasteiger partial charge on any atom is -0.357 e. The van der Waals surface area contributed by atoms with E-state index in [1.54, 1.807) is 23.5 Å². The number of carbonyl (C=O) groups excluding carboxylic acids is 1. The molecule has 2 rings (SSSR count). The number of benzene rings is 1. The summed E-state index contributed by atoms with van der Waals surface area (Å²) in [5, 5.41) is 10.1. The van der Waals surface area contributed by atoms with E-state index in [1.807, 2.05) is 13.8 Å². The molecule has 0 bridgehead atoms. The van der Waals surface area contributed by atoms with Crippen LogP contribution in [0.4, 0.5) is 4.39 Å². The van der Waals surface area contributed by atoms with Crippen LogP contribution in [0.3, 0.4) is 0 Å². The van der Waals surface area contributed by atoms with Crippen molar-refractivity contribution in [3.05, 3.63) is 51.2 Å². The quantitative estimate of drug-likeness (QED) is 0.367. The second kappa shape index (κ2) is 10.6. The van der Waals surface area contributed by atoms with E-state index in [1.165, 1.54) is 17.0 Å². The molecule has 0 saturated heterocycles. The highest BCUT2D eigenvalue weighted by molar-refractivity contribution is 7.11. The number of aliphatic imine (C=N–C) groups is 1. The van der Waals surface area contributed by atoms with E-state index in [9.17, 15) is 9.18 Å². The predicted octanol–water partition coefficient (Wildman–Crippen LogP) is 2.43. The fourth-order valence-electron chi connectivity index (χ4n) is 2.35. The molecule has 0 saturated carbocycles. The van der Waals surface area contributed by atoms with Crippen molar-refractivity contribution in [2.75, 3.05) is 26.2 Å². The number of halogens is 1. The Kier molecular flexibility index (Phi) is 8.19. The number of amides is 1. The highest BCUT2D eigenvalue weighted by atomic mass is 32.1. The Morgan fingerprint density at radius 3 is 2.59 bits per heavy atom. The summed E-state index contributed by atoms with van der Waals surface area (Å²) in [6, 6.07) is 5.93. The summed E-state index contributed by atoms with van der Waals surface area (Å²) >= 11 is 1.70. The lowest BCUT2D eigenvalue weighted by Crippen LogP contribution is -2.41. The molecule has 27 heavy (non-hydrogen) atoms. The molecule has 2 aromatic rings. The minimum absolute atomic E-state index is 0.0482. The zero-order chi connectivity index (χ0) is 19.6. The molecule has 1 aromatic heterocycles. The molecule has 3 N–H and O–H groups in total. The minimum atomic E-state index is -0.523. The van der Waals surface area contributed by atoms with Crippen molar-refractivity contribution in [2.24, 2.45) is 4.99 Å². The molecule has 0 atom stereocenters. The molecule has 1 heterocycles. The summed E-state index contributed by atoms with van der Waals surface area (Å²) in [6.45, 7) is 8.29. The van der Waals surface area contributed by atoms with Gasteiger partial charge in [-0.15, -0.1) is 11.3 Å². The fourth-order valence-corrected chi connectivity index (χ4v) is 3.27. The van der Waals surface area contributed by atoms with Crippen molar-refractivity contribution in [3.8, 4) is 0 Å². The Morgan fingerprint density at radius 1 is 1.19 bits per heavy atom. The number of guanidine groups is 1. The van der Waals surface area contributed by atoms with Crippen LogP contribution in [-0.2, 0) is 6.42 Å². The molecule has 0 aliphatic heterocycles. The highest BCUT2D eigenvalue weighted by Crippen LogP contribution is 2.16. The number of aromatic nitrogens is 1. The van der Waals surface area contributed by atoms with Crippen LogP contribution in [0.15, 0.2) is 29.3 Å². The van der Waals surface area contributed by atoms with Crippen molar-refractivity contribution < 1.29 is 9.18 Å². The Hall–Kier alpha value is -2.48. The maximum Gasteiger partial charge on any atom is 0.254 e. The van der Waals surface area contributed by atoms with Gasteiger partial charge in [-0.05, 0) is 32.9 Å². The highest BCUT2D eigenvalue weighted by Gasteiger charge is 2.09. The van der Waals surface area contributed by atoms with Crippen LogP contribution in [0, 0.1) is 19.7 Å². The van der Waals surface area contributed by atoms with Gasteiger partial charge in [0.2, 0.25) is 0 Å². The van der Waals surface area contributed by atoms with Crippen LogP contribution in [0.5, 0.6) is 0 Å². The Labute approximate surface area is 163 Å². The van der Waals surface area contributed by atoms with Gasteiger partial charge in [-0.2, -0.15) is 0 Å². The second-order valence-electron chi connectivity index (χ2n) is 5.92. The first-order valence-electron chi connectivity index (χ1n) is 8.99. The molecule has 8 heteroatoms. The Bertz CT molecular complexity index is 771. The maximum absolute atomic E-state index is 13.6. The third-order valence-electron chi connectivity index (χ3n) is 3.83. The summed E-state index contributed by atoms with van der Waals surface area (Å²) in [7, 11) is 0. The standard InChI is InChI=1S/C19H26FN5OS/c1-4-21-19(23-10-9-17-25-13(2)14(3)27-17)24-12-11-22-18(26)15-7-5-6-8-16(15)20/h5-8H,4,9-12H2,1-3H3,(H,22,26)(H2,21,23,24). The van der Waals surface area contributed by atoms with Crippen LogP contribution < -0.4 is 16.0 Å². The summed E-state index contributed by atoms with van der Waals surface area (Å²) < 4.78 is 13.6. The molecule has 0 aliphatic carbocycles. The number of rotatable bonds is 8. The normalized spacial score (nSPS) is 11.3. The number of hydrogen-bond donors (Lipinski definition) is 3.